The summed E-state index contributed by atoms with van der Waals surface area (Å²) in [5.74, 6) is -3.57. The molecule has 4 aromatic heterocycles. The Hall–Kier alpha value is -9.65. The number of hydrogen-bond acceptors (Lipinski definition) is 29. The van der Waals surface area contributed by atoms with Crippen molar-refractivity contribution in [2.45, 2.75) is 146 Å². The van der Waals surface area contributed by atoms with E-state index in [0.717, 1.165) is 95.9 Å². The molecule has 0 saturated carbocycles. The normalized spacial score (nSPS) is 11.2. The Morgan fingerprint density at radius 2 is 0.792 bits per heavy atom. The molecule has 46 heteroatoms. The van der Waals surface area contributed by atoms with Gasteiger partial charge in [-0.05, 0) is 174 Å². The van der Waals surface area contributed by atoms with Crippen LogP contribution in [0.5, 0.6) is 0 Å². The van der Waals surface area contributed by atoms with Crippen LogP contribution in [0.1, 0.15) is 190 Å². The van der Waals surface area contributed by atoms with E-state index in [-0.39, 0.29) is 110 Å². The second-order valence-electron chi connectivity index (χ2n) is 25.5. The number of ketones is 5. The summed E-state index contributed by atoms with van der Waals surface area (Å²) >= 11 is 20.3. The summed E-state index contributed by atoms with van der Waals surface area (Å²) in [7, 11) is 4.34. The third-order valence-corrected chi connectivity index (χ3v) is 15.6. The first-order valence-electron chi connectivity index (χ1n) is 37.8. The van der Waals surface area contributed by atoms with Gasteiger partial charge in [0.05, 0.1) is 31.6 Å². The van der Waals surface area contributed by atoms with Crippen molar-refractivity contribution >= 4 is 158 Å². The zero-order chi connectivity index (χ0) is 95.6. The largest absolute Gasteiger partial charge is 1.00 e. The molecule has 1 amide bonds. The fourth-order valence-corrected chi connectivity index (χ4v) is 10.4. The zero-order valence-corrected chi connectivity index (χ0v) is 84.1. The van der Waals surface area contributed by atoms with Crippen molar-refractivity contribution in [1.82, 2.24) is 35.1 Å². The average Bonchev–Trinajstić information content (AvgIpc) is 1.68. The van der Waals surface area contributed by atoms with E-state index in [4.69, 9.17) is 67.5 Å². The van der Waals surface area contributed by atoms with Gasteiger partial charge < -0.3 is 69.0 Å². The van der Waals surface area contributed by atoms with Crippen LogP contribution in [0.25, 0.3) is 51.3 Å². The number of aliphatic carboxylic acids is 4. The SMILES string of the molecule is CC(=O)O.CC(=O)O.CC(=O)O.CC(=O)O.CC(=O)c1nc(-c2ccccc2)oc1C.CC(=O)c1nc(-c2ccccc2)oc1CBr.CC(=O)c1nc(-c2ccccc2)oc1CN1CCCCC1.CCOC(=O)C(=[N+]=[N-])C(C)=O.CCOC(=O)C(NC(=O)c1ccccc1)C(C)=O.O=C(O)c1nc(-c2ccccc2)oc1CN1CCCCC1.O=P(Cl)(Cl)Cl.[B]=NS.[Na+].[OH-].[Rh].[Rh]. The minimum absolute atomic E-state index is 0. The van der Waals surface area contributed by atoms with Crippen molar-refractivity contribution in [3.8, 4) is 45.8 Å². The van der Waals surface area contributed by atoms with Gasteiger partial charge in [0.1, 0.15) is 34.4 Å². The number of thiol groups is 1. The number of nitrogens with zero attached hydrogens (tertiary/aromatic N) is 9. The van der Waals surface area contributed by atoms with E-state index in [9.17, 15) is 52.8 Å². The molecule has 0 spiro atoms. The van der Waals surface area contributed by atoms with Gasteiger partial charge in [-0.1, -0.05) is 120 Å². The molecule has 1 unspecified atom stereocenters. The molecular formula is C84H100BBrCl3N10NaO26PRh2S. The minimum atomic E-state index is -3.22. The molecule has 2 aliphatic rings. The summed E-state index contributed by atoms with van der Waals surface area (Å²) in [6.45, 7) is 21.8. The maximum absolute atomic E-state index is 11.8. The number of rotatable bonds is 21. The van der Waals surface area contributed by atoms with Gasteiger partial charge in [-0.3, -0.25) is 62.3 Å². The van der Waals surface area contributed by atoms with Crippen molar-refractivity contribution < 1.29 is 198 Å². The van der Waals surface area contributed by atoms with Gasteiger partial charge in [-0.25, -0.2) is 34.3 Å². The quantitative estimate of drug-likeness (QED) is 0.00336. The molecule has 2 saturated heterocycles. The molecule has 7 N–H and O–H groups in total. The second-order valence-corrected chi connectivity index (χ2v) is 32.9. The second kappa shape index (κ2) is 73.0. The molecule has 130 heavy (non-hydrogen) atoms. The van der Waals surface area contributed by atoms with E-state index in [1.807, 2.05) is 121 Å². The molecule has 2 aliphatic heterocycles. The van der Waals surface area contributed by atoms with Crippen molar-refractivity contribution in [2.75, 3.05) is 39.4 Å². The first-order chi connectivity index (χ1) is 59.4. The summed E-state index contributed by atoms with van der Waals surface area (Å²) in [4.78, 5) is 161. The zero-order valence-electron chi connectivity index (χ0n) is 73.1. The molecule has 3 radical (unpaired) electrons. The number of aromatic nitrogens is 4. The van der Waals surface area contributed by atoms with Crippen LogP contribution in [0.15, 0.2) is 174 Å². The number of esters is 2. The van der Waals surface area contributed by atoms with Crippen LogP contribution in [0.4, 0.5) is 0 Å². The average molecular weight is 2150 g/mol. The number of piperidine rings is 2. The fourth-order valence-electron chi connectivity index (χ4n) is 10.1. The first-order valence-corrected chi connectivity index (χ1v) is 43.8. The summed E-state index contributed by atoms with van der Waals surface area (Å²) in [5, 5.41) is 38.6. The topological polar surface area (TPSA) is 560 Å². The van der Waals surface area contributed by atoms with Gasteiger partial charge in [0.15, 0.2) is 40.6 Å². The molecule has 703 valence electrons. The van der Waals surface area contributed by atoms with Gasteiger partial charge in [0, 0.05) is 122 Å². The molecule has 6 heterocycles. The molecule has 5 aromatic carbocycles. The Bertz CT molecular complexity index is 4890. The number of aryl methyl sites for hydroxylation is 1. The summed E-state index contributed by atoms with van der Waals surface area (Å²) in [6, 6.07) is 45.3. The number of alkyl halides is 1. The Labute approximate surface area is 828 Å². The number of carbonyl (C=O) groups excluding carboxylic acids is 8. The van der Waals surface area contributed by atoms with Gasteiger partial charge in [0.2, 0.25) is 29.3 Å². The predicted molar refractivity (Wildman–Crippen MR) is 479 cm³/mol. The maximum Gasteiger partial charge on any atom is 1.00 e. The number of benzene rings is 5. The Kier molecular flexibility index (Phi) is 72.3. The number of ether oxygens (including phenoxy) is 2. The molecule has 36 nitrogen and oxygen atoms in total. The number of aromatic carboxylic acids is 1. The van der Waals surface area contributed by atoms with E-state index in [2.05, 4.69) is 119 Å². The van der Waals surface area contributed by atoms with Gasteiger partial charge in [-0.15, -0.1) is 0 Å². The van der Waals surface area contributed by atoms with Crippen molar-refractivity contribution in [2.24, 2.45) is 4.30 Å². The predicted octanol–water partition coefficient (Wildman–Crippen LogP) is 13.8. The molecule has 2 fully saturated rings. The molecular weight excluding hydrogens is 2050 g/mol. The molecule has 1 atom stereocenters. The number of likely N-dealkylation sites (tertiary alicyclic amines) is 2. The summed E-state index contributed by atoms with van der Waals surface area (Å²) in [5.41, 5.74) is 12.7. The van der Waals surface area contributed by atoms with Crippen LogP contribution < -0.4 is 34.9 Å². The Morgan fingerprint density at radius 3 is 1.05 bits per heavy atom. The smallest absolute Gasteiger partial charge is 0.870 e. The number of carboxylic acid groups (broad SMARTS) is 5. The Balaban J connectivity index is -0.000000458. The standard InChI is InChI=1S/C17H20N2O2.C16H18N2O3.C13H15NO4.C12H10BrNO2.C12H11NO2.C6H8N2O3.4C2H4O2.BHNS.Cl3OP.Na.H2O.2Rh/c1-13(20)16-15(12-19-10-6-3-7-11-19)21-17(18-16)14-8-4-2-5-9-14;19-16(20)14-13(11-18-9-5-2-6-10-18)21-15(17-14)12-7-3-1-4-8-12;1-3-18-13(17)11(9(2)15)14-12(16)10-7-5-4-6-8-10;1-8(15)11-10(7-13)16-12(14-11)9-5-3-2-4-6-9;1-8(14)11-9(2)15-12(13-11)10-6-4-3-5-7-10;1-3-11-6(10)5(8-7)4(2)9;4*1-2(3)4;1-2-3;1-5(2,3)4;;;;/h2,4-5,8-9H,3,6-7,10-12H2,1H3;1,3-4,7-8H,2,5-6,9-11H2,(H,19,20);4-8,11H,3H2,1-2H3,(H,14,16);2-6H,7H2,1H3;3-7H,1-2H3;3H2,1-2H3;4*1H3,(H,3,4);3H;;;1H2;;/q;;;;;;;;;;;;+1;;;/p-1. The van der Waals surface area contributed by atoms with Gasteiger partial charge in [-0.2, -0.15) is 4.79 Å². The number of nitrogens with one attached hydrogen (secondary N) is 1. The summed E-state index contributed by atoms with van der Waals surface area (Å²) in [6.07, 6.45) is 7.28. The third kappa shape index (κ3) is 57.5. The van der Waals surface area contributed by atoms with Crippen LogP contribution >= 0.6 is 67.7 Å². The van der Waals surface area contributed by atoms with E-state index >= 15 is 0 Å². The number of carboxylic acids is 5. The molecule has 0 bridgehead atoms. The molecule has 11 rings (SSSR count). The fraction of sp³-hybridized carbons (Fsp3) is 0.333. The van der Waals surface area contributed by atoms with Crippen LogP contribution in [-0.2, 0) is 110 Å². The summed E-state index contributed by atoms with van der Waals surface area (Å²) < 4.78 is 43.9. The van der Waals surface area contributed by atoms with Gasteiger partial charge >= 0.3 is 83.1 Å². The van der Waals surface area contributed by atoms with E-state index in [0.29, 0.717) is 87.7 Å². The third-order valence-electron chi connectivity index (χ3n) is 15.1. The first kappa shape index (κ1) is 129. The number of halogens is 4. The van der Waals surface area contributed by atoms with E-state index < -0.39 is 76.2 Å². The van der Waals surface area contributed by atoms with Crippen molar-refractivity contribution in [3.63, 3.8) is 0 Å². The molecule has 9 aromatic rings. The van der Waals surface area contributed by atoms with Crippen molar-refractivity contribution in [1.29, 1.82) is 0 Å². The van der Waals surface area contributed by atoms with Crippen LogP contribution in [0.2, 0.25) is 0 Å². The van der Waals surface area contributed by atoms with Crippen molar-refractivity contribution in [3.05, 3.63) is 209 Å². The number of hydrogen-bond donors (Lipinski definition) is 7. The number of carbonyl (C=O) groups is 13. The maximum atomic E-state index is 11.8. The monoisotopic (exact) mass is 2150 g/mol. The molecule has 0 aliphatic carbocycles. The minimum Gasteiger partial charge on any atom is -0.870 e. The van der Waals surface area contributed by atoms with E-state index in [1.165, 1.54) is 46.5 Å². The van der Waals surface area contributed by atoms with Crippen LogP contribution in [0, 0.1) is 6.92 Å². The number of Topliss-reactive ketones (excluding diaryl/α,β-unsaturated/α-hetero) is 5. The number of oxazole rings is 4. The van der Waals surface area contributed by atoms with Crippen LogP contribution in [0.3, 0.4) is 0 Å². The van der Waals surface area contributed by atoms with Crippen LogP contribution in [-0.4, -0.2) is 201 Å². The van der Waals surface area contributed by atoms with Gasteiger partial charge in [0.25, 0.3) is 29.8 Å². The van der Waals surface area contributed by atoms with E-state index in [1.54, 1.807) is 58.0 Å². The Morgan fingerprint density at radius 1 is 0.515 bits per heavy atom. The number of amides is 1.